The van der Waals surface area contributed by atoms with Crippen molar-refractivity contribution in [1.29, 1.82) is 0 Å². The number of furan rings is 1. The van der Waals surface area contributed by atoms with Gasteiger partial charge in [0.25, 0.3) is 0 Å². The number of hydrogen-bond donors (Lipinski definition) is 2. The second-order valence-corrected chi connectivity index (χ2v) is 8.61. The molecule has 32 heavy (non-hydrogen) atoms. The van der Waals surface area contributed by atoms with Crippen molar-refractivity contribution >= 4 is 34.5 Å². The van der Waals surface area contributed by atoms with Gasteiger partial charge in [0.1, 0.15) is 11.3 Å². The van der Waals surface area contributed by atoms with Crippen molar-refractivity contribution in [2.75, 3.05) is 13.1 Å². The molecule has 0 atom stereocenters. The van der Waals surface area contributed by atoms with Crippen molar-refractivity contribution in [3.63, 3.8) is 0 Å². The van der Waals surface area contributed by atoms with E-state index in [-0.39, 0.29) is 43.3 Å². The molecule has 1 saturated carbocycles. The molecule has 0 bridgehead atoms. The Labute approximate surface area is 187 Å². The molecule has 11 heteroatoms. The third kappa shape index (κ3) is 5.66. The number of nitrogens with one attached hydrogen (secondary N) is 2. The first-order valence-electron chi connectivity index (χ1n) is 10.4. The highest BCUT2D eigenvalue weighted by Gasteiger charge is 2.41. The molecule has 2 aliphatic rings. The lowest BCUT2D eigenvalue weighted by atomic mass is 9.88. The fraction of sp³-hybridized carbons (Fsp3) is 0.524. The second-order valence-electron chi connectivity index (χ2n) is 8.18. The molecule has 0 unspecified atom stereocenters. The SMILES string of the molecule is O=C(NC1CC(OC(F)(F)F)C1)C1CCN(C(=O)NCc2cc3cc(Cl)ccc3o2)CC1. The van der Waals surface area contributed by atoms with Gasteiger partial charge in [-0.3, -0.25) is 9.53 Å². The van der Waals surface area contributed by atoms with Gasteiger partial charge in [-0.2, -0.15) is 0 Å². The molecule has 7 nitrogen and oxygen atoms in total. The first-order valence-corrected chi connectivity index (χ1v) is 10.8. The number of carbonyl (C=O) groups excluding carboxylic acids is 2. The summed E-state index contributed by atoms with van der Waals surface area (Å²) < 4.78 is 46.1. The number of urea groups is 1. The zero-order valence-electron chi connectivity index (χ0n) is 17.1. The van der Waals surface area contributed by atoms with Crippen molar-refractivity contribution in [2.24, 2.45) is 5.92 Å². The molecular formula is C21H23ClF3N3O4. The molecule has 1 aromatic heterocycles. The average Bonchev–Trinajstić information content (AvgIpc) is 3.11. The maximum atomic E-state index is 12.4. The number of fused-ring (bicyclic) bond motifs is 1. The fourth-order valence-corrected chi connectivity index (χ4v) is 4.24. The zero-order valence-corrected chi connectivity index (χ0v) is 17.8. The van der Waals surface area contributed by atoms with E-state index in [1.807, 2.05) is 6.07 Å². The van der Waals surface area contributed by atoms with Gasteiger partial charge in [-0.25, -0.2) is 4.79 Å². The van der Waals surface area contributed by atoms with Gasteiger partial charge in [0, 0.05) is 35.5 Å². The van der Waals surface area contributed by atoms with Crippen LogP contribution in [0.5, 0.6) is 0 Å². The van der Waals surface area contributed by atoms with Crippen LogP contribution in [0.25, 0.3) is 11.0 Å². The molecule has 0 radical (unpaired) electrons. The summed E-state index contributed by atoms with van der Waals surface area (Å²) >= 11 is 5.97. The number of nitrogens with zero attached hydrogens (tertiary/aromatic N) is 1. The molecule has 4 rings (SSSR count). The lowest BCUT2D eigenvalue weighted by Crippen LogP contribution is -2.52. The van der Waals surface area contributed by atoms with Crippen LogP contribution in [0.15, 0.2) is 28.7 Å². The maximum absolute atomic E-state index is 12.4. The minimum atomic E-state index is -4.65. The number of amides is 3. The summed E-state index contributed by atoms with van der Waals surface area (Å²) in [5, 5.41) is 7.06. The summed E-state index contributed by atoms with van der Waals surface area (Å²) in [7, 11) is 0. The monoisotopic (exact) mass is 473 g/mol. The Bertz CT molecular complexity index is 982. The van der Waals surface area contributed by atoms with Gasteiger partial charge < -0.3 is 20.0 Å². The Morgan fingerprint density at radius 3 is 2.59 bits per heavy atom. The number of carbonyl (C=O) groups is 2. The van der Waals surface area contributed by atoms with E-state index in [9.17, 15) is 22.8 Å². The predicted octanol–water partition coefficient (Wildman–Crippen LogP) is 4.19. The van der Waals surface area contributed by atoms with Gasteiger partial charge >= 0.3 is 12.4 Å². The van der Waals surface area contributed by atoms with Gasteiger partial charge in [0.2, 0.25) is 5.91 Å². The van der Waals surface area contributed by atoms with E-state index in [1.165, 1.54) is 0 Å². The van der Waals surface area contributed by atoms with Gasteiger partial charge in [-0.05, 0) is 49.9 Å². The normalized spacial score (nSPS) is 21.9. The molecule has 2 fully saturated rings. The molecule has 2 heterocycles. The Balaban J connectivity index is 1.17. The van der Waals surface area contributed by atoms with E-state index in [0.29, 0.717) is 42.3 Å². The number of likely N-dealkylation sites (tertiary alicyclic amines) is 1. The summed E-state index contributed by atoms with van der Waals surface area (Å²) in [6.07, 6.45) is -4.24. The molecule has 1 aliphatic heterocycles. The van der Waals surface area contributed by atoms with Gasteiger partial charge in [-0.1, -0.05) is 11.6 Å². The smallest absolute Gasteiger partial charge is 0.459 e. The highest BCUT2D eigenvalue weighted by molar-refractivity contribution is 6.31. The topological polar surface area (TPSA) is 83.8 Å². The number of ether oxygens (including phenoxy) is 1. The van der Waals surface area contributed by atoms with Crippen LogP contribution in [0.3, 0.4) is 0 Å². The average molecular weight is 474 g/mol. The van der Waals surface area contributed by atoms with E-state index >= 15 is 0 Å². The van der Waals surface area contributed by atoms with Crippen molar-refractivity contribution in [1.82, 2.24) is 15.5 Å². The highest BCUT2D eigenvalue weighted by Crippen LogP contribution is 2.31. The van der Waals surface area contributed by atoms with E-state index in [1.54, 1.807) is 23.1 Å². The zero-order chi connectivity index (χ0) is 22.9. The molecule has 2 N–H and O–H groups in total. The largest absolute Gasteiger partial charge is 0.522 e. The van der Waals surface area contributed by atoms with Crippen LogP contribution in [0.4, 0.5) is 18.0 Å². The van der Waals surface area contributed by atoms with E-state index < -0.39 is 12.5 Å². The number of rotatable bonds is 5. The Morgan fingerprint density at radius 1 is 1.19 bits per heavy atom. The van der Waals surface area contributed by atoms with Gasteiger partial charge in [0.05, 0.1) is 12.6 Å². The van der Waals surface area contributed by atoms with Crippen LogP contribution in [-0.4, -0.2) is 48.4 Å². The van der Waals surface area contributed by atoms with Crippen LogP contribution in [0, 0.1) is 5.92 Å². The van der Waals surface area contributed by atoms with Crippen molar-refractivity contribution in [3.8, 4) is 0 Å². The van der Waals surface area contributed by atoms with E-state index in [0.717, 1.165) is 5.39 Å². The van der Waals surface area contributed by atoms with Crippen LogP contribution in [-0.2, 0) is 16.1 Å². The lowest BCUT2D eigenvalue weighted by Gasteiger charge is -2.37. The van der Waals surface area contributed by atoms with Crippen LogP contribution in [0.2, 0.25) is 5.02 Å². The van der Waals surface area contributed by atoms with Crippen molar-refractivity contribution in [2.45, 2.75) is 50.7 Å². The van der Waals surface area contributed by atoms with Crippen molar-refractivity contribution in [3.05, 3.63) is 35.0 Å². The standard InChI is InChI=1S/C21H23ClF3N3O4/c22-14-1-2-18-13(7-14)8-17(31-18)11-26-20(30)28-5-3-12(4-6-28)19(29)27-15-9-16(10-15)32-21(23,24)25/h1-2,7-8,12,15-16H,3-6,9-11H2,(H,26,30)(H,27,29). The predicted molar refractivity (Wildman–Crippen MR) is 110 cm³/mol. The Kier molecular flexibility index (Phi) is 6.52. The molecule has 1 aliphatic carbocycles. The van der Waals surface area contributed by atoms with Crippen LogP contribution in [0.1, 0.15) is 31.4 Å². The Hall–Kier alpha value is -2.46. The molecule has 3 amide bonds. The third-order valence-corrected chi connectivity index (χ3v) is 6.07. The van der Waals surface area contributed by atoms with E-state index in [2.05, 4.69) is 15.4 Å². The summed E-state index contributed by atoms with van der Waals surface area (Å²) in [4.78, 5) is 26.5. The second kappa shape index (κ2) is 9.19. The molecule has 2 aromatic rings. The lowest BCUT2D eigenvalue weighted by molar-refractivity contribution is -0.351. The number of halogens is 4. The molecule has 1 aromatic carbocycles. The quantitative estimate of drug-likeness (QED) is 0.682. The number of benzene rings is 1. The minimum absolute atomic E-state index is 0.153. The fourth-order valence-electron chi connectivity index (χ4n) is 4.06. The summed E-state index contributed by atoms with van der Waals surface area (Å²) in [6, 6.07) is 6.57. The Morgan fingerprint density at radius 2 is 1.91 bits per heavy atom. The highest BCUT2D eigenvalue weighted by atomic mass is 35.5. The summed E-state index contributed by atoms with van der Waals surface area (Å²) in [5.41, 5.74) is 0.688. The van der Waals surface area contributed by atoms with E-state index in [4.69, 9.17) is 16.0 Å². The molecule has 0 spiro atoms. The van der Waals surface area contributed by atoms with Crippen molar-refractivity contribution < 1.29 is 31.9 Å². The third-order valence-electron chi connectivity index (χ3n) is 5.84. The number of alkyl halides is 3. The van der Waals surface area contributed by atoms with Gasteiger partial charge in [0.15, 0.2) is 0 Å². The maximum Gasteiger partial charge on any atom is 0.522 e. The van der Waals surface area contributed by atoms with Crippen LogP contribution < -0.4 is 10.6 Å². The molecule has 174 valence electrons. The molecular weight excluding hydrogens is 451 g/mol. The van der Waals surface area contributed by atoms with Crippen LogP contribution >= 0.6 is 11.6 Å². The summed E-state index contributed by atoms with van der Waals surface area (Å²) in [5.74, 6) is 0.168. The van der Waals surface area contributed by atoms with Gasteiger partial charge in [-0.15, -0.1) is 13.2 Å². The first-order chi connectivity index (χ1) is 15.2. The number of hydrogen-bond acceptors (Lipinski definition) is 4. The first kappa shape index (κ1) is 22.7. The number of piperidine rings is 1. The minimum Gasteiger partial charge on any atom is -0.459 e. The summed E-state index contributed by atoms with van der Waals surface area (Å²) in [6.45, 7) is 1.07. The molecule has 1 saturated heterocycles.